The summed E-state index contributed by atoms with van der Waals surface area (Å²) in [4.78, 5) is 57.9. The summed E-state index contributed by atoms with van der Waals surface area (Å²) in [6, 6.07) is 83.0. The number of hydrogen-bond donors (Lipinski definition) is 8. The van der Waals surface area contributed by atoms with Crippen molar-refractivity contribution >= 4 is 199 Å². The maximum Gasteiger partial charge on any atom is 0.762 e. The van der Waals surface area contributed by atoms with E-state index in [0.717, 1.165) is 157 Å². The first-order chi connectivity index (χ1) is 62.0. The number of diazo groups is 1. The maximum absolute atomic E-state index is 11.5. The minimum absolute atomic E-state index is 0. The number of hydrogen-bond acceptors (Lipinski definition) is 13. The van der Waals surface area contributed by atoms with Crippen molar-refractivity contribution in [3.63, 3.8) is 0 Å². The number of fused-ring (bicyclic) bond motifs is 5. The lowest BCUT2D eigenvalue weighted by Gasteiger charge is -2.08. The Balaban J connectivity index is 0.000000225. The fourth-order valence-corrected chi connectivity index (χ4v) is 14.2. The maximum atomic E-state index is 11.5. The van der Waals surface area contributed by atoms with Crippen molar-refractivity contribution in [2.24, 2.45) is 0 Å². The number of nitrogens with zero attached hydrogens (tertiary/aromatic N) is 9. The first-order valence-electron chi connectivity index (χ1n) is 40.5. The van der Waals surface area contributed by atoms with E-state index >= 15 is 0 Å². The van der Waals surface area contributed by atoms with Gasteiger partial charge in [0.2, 0.25) is 17.2 Å². The summed E-state index contributed by atoms with van der Waals surface area (Å²) in [5.41, 5.74) is 31.2. The lowest BCUT2D eigenvalue weighted by Crippen LogP contribution is -3.00. The van der Waals surface area contributed by atoms with Crippen LogP contribution in [0.25, 0.3) is 59.5 Å². The van der Waals surface area contributed by atoms with E-state index in [2.05, 4.69) is 197 Å². The van der Waals surface area contributed by atoms with E-state index in [4.69, 9.17) is 22.0 Å². The Morgan fingerprint density at radius 1 is 0.412 bits per heavy atom. The van der Waals surface area contributed by atoms with Crippen LogP contribution in [0.2, 0.25) is 0 Å². The number of nitrogen functional groups attached to an aromatic ring is 2. The summed E-state index contributed by atoms with van der Waals surface area (Å²) in [7, 11) is -3.67. The lowest BCUT2D eigenvalue weighted by atomic mass is 9.97. The highest BCUT2D eigenvalue weighted by Gasteiger charge is 2.17. The SMILES string of the molecule is Brc1ccc2[nH]ncc2c1.Brc1ccc2c(cnn2Cc2ccccc2)c1.CC(=O)C(C)c1ccc2[nH]ncc2c1.CC(=O)C(C)c1ccc2c(cnn2Cc2ccccc2)c1.CC(=O)Nc1ccc(Br)cc1C.CC(=O)Nc1ccccc1C.CC(C(=O)O)c1ccc2[nH]ncc2c1.Cc1cc(Br)ccc1N.Cc1cc(Br)ccc1[N+]#N.Cc1ccccc1N.FB(F)F.[F-]. The summed E-state index contributed by atoms with van der Waals surface area (Å²) < 4.78 is 38.3. The van der Waals surface area contributed by atoms with Gasteiger partial charge >= 0.3 is 19.2 Å². The van der Waals surface area contributed by atoms with Gasteiger partial charge in [0.1, 0.15) is 11.6 Å². The second-order valence-corrected chi connectivity index (χ2v) is 34.2. The highest BCUT2D eigenvalue weighted by Crippen LogP contribution is 2.29. The summed E-state index contributed by atoms with van der Waals surface area (Å²) >= 11 is 16.8. The molecule has 17 aromatic rings. The van der Waals surface area contributed by atoms with E-state index in [1.807, 2.05) is 252 Å². The number of H-pyrrole nitrogens is 3. The van der Waals surface area contributed by atoms with Gasteiger partial charge in [0.05, 0.1) is 77.6 Å². The van der Waals surface area contributed by atoms with E-state index in [9.17, 15) is 36.9 Å². The molecule has 12 aromatic carbocycles. The quantitative estimate of drug-likeness (QED) is 0.0244. The molecule has 0 radical (unpaired) electrons. The van der Waals surface area contributed by atoms with Crippen molar-refractivity contribution in [1.29, 1.82) is 5.39 Å². The summed E-state index contributed by atoms with van der Waals surface area (Å²) in [6.07, 6.45) is 9.04. The molecule has 3 atom stereocenters. The molecule has 0 saturated heterocycles. The minimum Gasteiger partial charge on any atom is -1.00 e. The molecule has 0 bridgehead atoms. The number of benzene rings is 12. The fourth-order valence-electron chi connectivity index (χ4n) is 12.0. The van der Waals surface area contributed by atoms with Gasteiger partial charge in [0.25, 0.3) is 0 Å². The average Bonchev–Trinajstić information content (AvgIpc) is 1.66. The number of anilines is 4. The summed E-state index contributed by atoms with van der Waals surface area (Å²) in [6.45, 7) is 23.1. The number of carbonyl (C=O) groups excluding carboxylic acids is 4. The van der Waals surface area contributed by atoms with Gasteiger partial charge in [-0.2, -0.15) is 25.5 Å². The predicted molar refractivity (Wildman–Crippen MR) is 539 cm³/mol. The standard InChI is InChI=1S/C18H18N2O.C14H11BrN2.C11H12N2O.C10H10N2O2.C9H10BrNO.C9H11NO.C7H5BrN2.C7H6BrN2.C7H8BrN.C7H9N.BF3.FH/c1-13(14(2)21)16-8-9-18-17(10-16)11-19-20(18)12-15-6-4-3-5-7-15;15-13-6-7-14-12(8-13)9-16-17(14)10-11-4-2-1-3-5-11;1-7(8(2)14)9-3-4-11-10(5-9)6-12-13-11;1-6(10(13)14)7-2-3-9-8(4-7)5-11-12-9;1-6-5-8(10)3-4-9(6)11-7(2)12;1-7-5-3-4-6-9(7)10-8(2)11;8-6-1-2-7-5(3-6)4-9-10-7;1-5-4-6(8)2-3-7(5)10-9;1-5-4-6(8)2-3-7(5)9;1-6-4-2-3-5-7(6)8;2-1(3)4;/h3-11,13H,12H2,1-2H3;1-9H,10H2;3-7H,1-2H3,(H,12,13);2-6H,1H3,(H,11,12)(H,13,14);3-5H,1-2H3,(H,11,12);3-6H,1-2H3,(H,10,11);1-4H,(H,9,10);2-4H,1H3;2-4H,9H2,1H3;2-5H,8H2,1H3;;1H/q;;;;;;;+1;;;;/p-1. The van der Waals surface area contributed by atoms with Crippen molar-refractivity contribution in [3.05, 3.63) is 369 Å². The number of amides is 2. The molecule has 0 fully saturated rings. The van der Waals surface area contributed by atoms with E-state index in [-0.39, 0.29) is 39.9 Å². The second-order valence-electron chi connectivity index (χ2n) is 29.6. The molecule has 17 rings (SSSR count). The van der Waals surface area contributed by atoms with Crippen LogP contribution in [0.5, 0.6) is 0 Å². The number of nitrogens with two attached hydrogens (primary N) is 2. The Kier molecular flexibility index (Phi) is 44.3. The van der Waals surface area contributed by atoms with Gasteiger partial charge in [-0.05, 0) is 239 Å². The van der Waals surface area contributed by atoms with Crippen LogP contribution in [0.4, 0.5) is 41.4 Å². The number of carbonyl (C=O) groups is 5. The molecule has 2 amide bonds. The number of Topliss-reactive ketones (excluding diaryl/α,β-unsaturated/α-hetero) is 2. The Morgan fingerprint density at radius 3 is 1.17 bits per heavy atom. The van der Waals surface area contributed by atoms with Gasteiger partial charge in [0, 0.05) is 109 Å². The highest BCUT2D eigenvalue weighted by molar-refractivity contribution is 9.11. The zero-order chi connectivity index (χ0) is 95.1. The number of nitrogens with one attached hydrogen (secondary N) is 5. The van der Waals surface area contributed by atoms with E-state index in [1.165, 1.54) is 25.0 Å². The Morgan fingerprint density at radius 2 is 0.756 bits per heavy atom. The van der Waals surface area contributed by atoms with E-state index in [0.29, 0.717) is 5.69 Å². The van der Waals surface area contributed by atoms with Crippen molar-refractivity contribution in [1.82, 2.24) is 50.2 Å². The number of rotatable bonds is 12. The van der Waals surface area contributed by atoms with Crippen molar-refractivity contribution in [3.8, 4) is 0 Å². The molecule has 0 aliphatic rings. The van der Waals surface area contributed by atoms with Crippen LogP contribution in [-0.4, -0.2) is 92.2 Å². The molecule has 32 heteroatoms. The summed E-state index contributed by atoms with van der Waals surface area (Å²) in [5.74, 6) is -1.08. The van der Waals surface area contributed by atoms with Gasteiger partial charge in [-0.1, -0.05) is 209 Å². The molecule has 0 spiro atoms. The molecule has 0 aliphatic heterocycles. The van der Waals surface area contributed by atoms with Gasteiger partial charge in [-0.3, -0.25) is 61.6 Å². The minimum atomic E-state index is -3.67. The van der Waals surface area contributed by atoms with Gasteiger partial charge < -0.3 is 31.9 Å². The molecule has 5 aromatic heterocycles. The third kappa shape index (κ3) is 36.1. The van der Waals surface area contributed by atoms with Gasteiger partial charge in [-0.15, -0.1) is 0 Å². The average molecular weight is 2100 g/mol. The normalized spacial score (nSPS) is 10.7. The molecule has 678 valence electrons. The van der Waals surface area contributed by atoms with Crippen LogP contribution in [-0.2, 0) is 37.1 Å². The topological polar surface area (TPSA) is 332 Å². The van der Waals surface area contributed by atoms with Crippen LogP contribution in [0.3, 0.4) is 0 Å². The first kappa shape index (κ1) is 107. The number of halogens is 9. The predicted octanol–water partition coefficient (Wildman–Crippen LogP) is 23.7. The Hall–Kier alpha value is -13.1. The largest absolute Gasteiger partial charge is 1.00 e. The van der Waals surface area contributed by atoms with Gasteiger partial charge in [-0.25, -0.2) is 0 Å². The van der Waals surface area contributed by atoms with Crippen molar-refractivity contribution < 1.29 is 46.7 Å². The van der Waals surface area contributed by atoms with Crippen LogP contribution < -0.4 is 26.8 Å². The van der Waals surface area contributed by atoms with Gasteiger partial charge in [0.15, 0.2) is 4.98 Å². The zero-order valence-electron chi connectivity index (χ0n) is 73.9. The number of aryl methyl sites for hydroxylation is 5. The first-order valence-corrected chi connectivity index (χ1v) is 44.5. The van der Waals surface area contributed by atoms with Crippen molar-refractivity contribution in [2.75, 3.05) is 22.1 Å². The lowest BCUT2D eigenvalue weighted by molar-refractivity contribution is -0.138. The van der Waals surface area contributed by atoms with Crippen LogP contribution >= 0.6 is 79.6 Å². The number of aromatic nitrogens is 10. The Bertz CT molecular complexity index is 6500. The number of carboxylic acids is 1. The summed E-state index contributed by atoms with van der Waals surface area (Å²) in [5, 5.41) is 57.3. The molecular weight excluding hydrogens is 2000 g/mol. The molecular formula is C99H100BBr5F4N16O6. The number of carboxylic acid groups (broad SMARTS) is 1. The number of aromatic amines is 3. The number of aliphatic carboxylic acids is 1. The van der Waals surface area contributed by atoms with Crippen LogP contribution in [0.15, 0.2) is 308 Å². The molecule has 131 heavy (non-hydrogen) atoms. The third-order valence-corrected chi connectivity index (χ3v) is 22.1. The molecule has 0 saturated carbocycles. The van der Waals surface area contributed by atoms with Crippen molar-refractivity contribution in [2.45, 2.75) is 114 Å². The third-order valence-electron chi connectivity index (χ3n) is 19.7. The monoisotopic (exact) mass is 2090 g/mol. The fraction of sp³-hybridized carbons (Fsp3) is 0.172. The molecule has 10 N–H and O–H groups in total. The highest BCUT2D eigenvalue weighted by atomic mass is 79.9. The number of ketones is 2. The smallest absolute Gasteiger partial charge is 0.762 e. The van der Waals surface area contributed by atoms with Crippen LogP contribution in [0, 0.1) is 40.0 Å². The van der Waals surface area contributed by atoms with E-state index < -0.39 is 19.4 Å². The molecule has 3 unspecified atom stereocenters. The number of para-hydroxylation sites is 2. The second kappa shape index (κ2) is 54.4. The Labute approximate surface area is 800 Å². The molecule has 22 nitrogen and oxygen atoms in total. The van der Waals surface area contributed by atoms with Crippen LogP contribution in [0.1, 0.15) is 122 Å². The molecule has 5 heterocycles. The zero-order valence-corrected chi connectivity index (χ0v) is 81.9. The van der Waals surface area contributed by atoms with E-state index in [1.54, 1.807) is 51.5 Å². The molecule has 0 aliphatic carbocycles.